The third-order valence-corrected chi connectivity index (χ3v) is 5.54. The maximum absolute atomic E-state index is 12.8. The van der Waals surface area contributed by atoms with Crippen molar-refractivity contribution in [3.63, 3.8) is 0 Å². The lowest BCUT2D eigenvalue weighted by atomic mass is 9.77. The highest BCUT2D eigenvalue weighted by Gasteiger charge is 2.41. The number of amides is 2. The maximum Gasteiger partial charge on any atom is 0.272 e. The molecule has 2 aliphatic rings. The second-order valence-electron chi connectivity index (χ2n) is 7.02. The summed E-state index contributed by atoms with van der Waals surface area (Å²) in [5.74, 6) is 0.537. The molecule has 134 valence electrons. The maximum atomic E-state index is 12.8. The van der Waals surface area contributed by atoms with E-state index >= 15 is 0 Å². The first-order chi connectivity index (χ1) is 12.5. The molecule has 3 heterocycles. The molecule has 0 saturated carbocycles. The van der Waals surface area contributed by atoms with E-state index in [1.807, 2.05) is 17.0 Å². The Balaban J connectivity index is 1.48. The molecule has 0 bridgehead atoms. The first kappa shape index (κ1) is 17.0. The largest absolute Gasteiger partial charge is 0.356 e. The smallest absolute Gasteiger partial charge is 0.272 e. The Bertz CT molecular complexity index is 845. The van der Waals surface area contributed by atoms with Crippen molar-refractivity contribution in [3.8, 4) is 11.4 Å². The number of hydrogen-bond acceptors (Lipinski definition) is 4. The van der Waals surface area contributed by atoms with Crippen LogP contribution in [0.25, 0.3) is 11.4 Å². The van der Waals surface area contributed by atoms with Crippen molar-refractivity contribution >= 4 is 23.4 Å². The molecule has 26 heavy (non-hydrogen) atoms. The van der Waals surface area contributed by atoms with Gasteiger partial charge in [0, 0.05) is 42.8 Å². The van der Waals surface area contributed by atoms with Crippen LogP contribution < -0.4 is 5.32 Å². The van der Waals surface area contributed by atoms with Crippen LogP contribution in [-0.2, 0) is 4.79 Å². The molecule has 2 fully saturated rings. The van der Waals surface area contributed by atoms with E-state index in [1.165, 1.54) is 0 Å². The standard InChI is InChI=1S/C19H19ClN4O2/c20-14-3-1-13(2-4-14)17-21-8-5-15(23-17)18(26)24-9-6-19(7-10-24)11-16(25)22-12-19/h1-5,8H,6-7,9-12H2,(H,22,25). The molecular weight excluding hydrogens is 352 g/mol. The highest BCUT2D eigenvalue weighted by Crippen LogP contribution is 2.37. The van der Waals surface area contributed by atoms with Crippen LogP contribution in [0, 0.1) is 5.41 Å². The van der Waals surface area contributed by atoms with Gasteiger partial charge in [-0.05, 0) is 48.6 Å². The van der Waals surface area contributed by atoms with Crippen molar-refractivity contribution in [2.75, 3.05) is 19.6 Å². The minimum Gasteiger partial charge on any atom is -0.356 e. The van der Waals surface area contributed by atoms with Gasteiger partial charge in [0.2, 0.25) is 5.91 Å². The summed E-state index contributed by atoms with van der Waals surface area (Å²) in [6, 6.07) is 8.86. The van der Waals surface area contributed by atoms with Gasteiger partial charge in [-0.15, -0.1) is 0 Å². The molecule has 0 aliphatic carbocycles. The Kier molecular flexibility index (Phi) is 4.36. The van der Waals surface area contributed by atoms with E-state index in [9.17, 15) is 9.59 Å². The van der Waals surface area contributed by atoms with Crippen molar-refractivity contribution < 1.29 is 9.59 Å². The highest BCUT2D eigenvalue weighted by molar-refractivity contribution is 6.30. The lowest BCUT2D eigenvalue weighted by Gasteiger charge is -2.38. The molecule has 1 N–H and O–H groups in total. The van der Waals surface area contributed by atoms with E-state index in [1.54, 1.807) is 24.4 Å². The molecule has 6 nitrogen and oxygen atoms in total. The summed E-state index contributed by atoms with van der Waals surface area (Å²) in [7, 11) is 0. The highest BCUT2D eigenvalue weighted by atomic mass is 35.5. The number of benzene rings is 1. The van der Waals surface area contributed by atoms with Gasteiger partial charge >= 0.3 is 0 Å². The first-order valence-corrected chi connectivity index (χ1v) is 9.07. The number of carbonyl (C=O) groups excluding carboxylic acids is 2. The summed E-state index contributed by atoms with van der Waals surface area (Å²) in [6.07, 6.45) is 3.86. The molecule has 1 aromatic carbocycles. The SMILES string of the molecule is O=C1CC2(CCN(C(=O)c3ccnc(-c4ccc(Cl)cc4)n3)CC2)CN1. The van der Waals surface area contributed by atoms with Gasteiger partial charge in [0.05, 0.1) is 0 Å². The monoisotopic (exact) mass is 370 g/mol. The fourth-order valence-electron chi connectivity index (χ4n) is 3.67. The fourth-order valence-corrected chi connectivity index (χ4v) is 3.79. The summed E-state index contributed by atoms with van der Waals surface area (Å²) >= 11 is 5.92. The quantitative estimate of drug-likeness (QED) is 0.881. The average molecular weight is 371 g/mol. The van der Waals surface area contributed by atoms with Crippen LogP contribution in [0.4, 0.5) is 0 Å². The van der Waals surface area contributed by atoms with Crippen LogP contribution in [0.2, 0.25) is 5.02 Å². The molecule has 0 radical (unpaired) electrons. The first-order valence-electron chi connectivity index (χ1n) is 8.70. The molecule has 0 unspecified atom stereocenters. The van der Waals surface area contributed by atoms with Gasteiger partial charge in [-0.1, -0.05) is 11.6 Å². The topological polar surface area (TPSA) is 75.2 Å². The van der Waals surface area contributed by atoms with Crippen molar-refractivity contribution in [2.24, 2.45) is 5.41 Å². The number of hydrogen-bond donors (Lipinski definition) is 1. The number of likely N-dealkylation sites (tertiary alicyclic amines) is 1. The summed E-state index contributed by atoms with van der Waals surface area (Å²) < 4.78 is 0. The van der Waals surface area contributed by atoms with Gasteiger partial charge in [-0.2, -0.15) is 0 Å². The third-order valence-electron chi connectivity index (χ3n) is 5.28. The second kappa shape index (κ2) is 6.68. The molecule has 4 rings (SSSR count). The van der Waals surface area contributed by atoms with Crippen LogP contribution in [0.3, 0.4) is 0 Å². The number of piperidine rings is 1. The van der Waals surface area contributed by atoms with E-state index < -0.39 is 0 Å². The molecule has 2 saturated heterocycles. The van der Waals surface area contributed by atoms with Crippen LogP contribution in [0.5, 0.6) is 0 Å². The molecule has 2 amide bonds. The zero-order chi connectivity index (χ0) is 18.1. The number of halogens is 1. The van der Waals surface area contributed by atoms with Crippen molar-refractivity contribution in [3.05, 3.63) is 47.2 Å². The van der Waals surface area contributed by atoms with Crippen LogP contribution in [0.1, 0.15) is 29.8 Å². The molecule has 2 aromatic rings. The van der Waals surface area contributed by atoms with E-state index in [2.05, 4.69) is 15.3 Å². The Morgan fingerprint density at radius 3 is 2.54 bits per heavy atom. The molecular formula is C19H19ClN4O2. The van der Waals surface area contributed by atoms with Gasteiger partial charge in [0.25, 0.3) is 5.91 Å². The normalized spacial score (nSPS) is 18.8. The number of nitrogens with zero attached hydrogens (tertiary/aromatic N) is 3. The summed E-state index contributed by atoms with van der Waals surface area (Å²) in [6.45, 7) is 2.02. The Hall–Kier alpha value is -2.47. The zero-order valence-corrected chi connectivity index (χ0v) is 15.0. The second-order valence-corrected chi connectivity index (χ2v) is 7.45. The van der Waals surface area contributed by atoms with Gasteiger partial charge in [0.1, 0.15) is 5.69 Å². The van der Waals surface area contributed by atoms with E-state index in [-0.39, 0.29) is 17.2 Å². The molecule has 2 aliphatic heterocycles. The molecule has 1 aromatic heterocycles. The van der Waals surface area contributed by atoms with Gasteiger partial charge < -0.3 is 10.2 Å². The molecule has 7 heteroatoms. The van der Waals surface area contributed by atoms with Crippen LogP contribution in [-0.4, -0.2) is 46.3 Å². The number of carbonyl (C=O) groups is 2. The third kappa shape index (κ3) is 3.29. The van der Waals surface area contributed by atoms with Gasteiger partial charge in [-0.3, -0.25) is 9.59 Å². The summed E-state index contributed by atoms with van der Waals surface area (Å²) in [5, 5.41) is 3.55. The lowest BCUT2D eigenvalue weighted by molar-refractivity contribution is -0.119. The minimum absolute atomic E-state index is 0.0218. The van der Waals surface area contributed by atoms with E-state index in [4.69, 9.17) is 11.6 Å². The summed E-state index contributed by atoms with van der Waals surface area (Å²) in [5.41, 5.74) is 1.23. The number of nitrogens with one attached hydrogen (secondary N) is 1. The Morgan fingerprint density at radius 2 is 1.88 bits per heavy atom. The van der Waals surface area contributed by atoms with E-state index in [0.717, 1.165) is 24.9 Å². The van der Waals surface area contributed by atoms with Crippen LogP contribution >= 0.6 is 11.6 Å². The zero-order valence-electron chi connectivity index (χ0n) is 14.2. The molecule has 0 atom stereocenters. The van der Waals surface area contributed by atoms with Crippen LogP contribution in [0.15, 0.2) is 36.5 Å². The Morgan fingerprint density at radius 1 is 1.15 bits per heavy atom. The predicted octanol–water partition coefficient (Wildman–Crippen LogP) is 2.54. The number of aromatic nitrogens is 2. The lowest BCUT2D eigenvalue weighted by Crippen LogP contribution is -2.44. The van der Waals surface area contributed by atoms with Crippen molar-refractivity contribution in [1.29, 1.82) is 0 Å². The predicted molar refractivity (Wildman–Crippen MR) is 97.7 cm³/mol. The van der Waals surface area contributed by atoms with Gasteiger partial charge in [0.15, 0.2) is 5.82 Å². The van der Waals surface area contributed by atoms with Gasteiger partial charge in [-0.25, -0.2) is 9.97 Å². The fraction of sp³-hybridized carbons (Fsp3) is 0.368. The van der Waals surface area contributed by atoms with Crippen molar-refractivity contribution in [1.82, 2.24) is 20.2 Å². The summed E-state index contributed by atoms with van der Waals surface area (Å²) in [4.78, 5) is 34.9. The average Bonchev–Trinajstić information content (AvgIpc) is 3.03. The van der Waals surface area contributed by atoms with E-state index in [0.29, 0.717) is 36.1 Å². The minimum atomic E-state index is -0.0882. The number of rotatable bonds is 2. The van der Waals surface area contributed by atoms with Crippen molar-refractivity contribution in [2.45, 2.75) is 19.3 Å². The molecule has 1 spiro atoms. The Labute approximate surface area is 156 Å².